The third-order valence-electron chi connectivity index (χ3n) is 0.926. The zero-order valence-electron chi connectivity index (χ0n) is 4.34. The summed E-state index contributed by atoms with van der Waals surface area (Å²) >= 11 is 0. The Balaban J connectivity index is 2.83. The first-order valence-electron chi connectivity index (χ1n) is 2.42. The van der Waals surface area contributed by atoms with E-state index in [1.807, 2.05) is 6.07 Å². The maximum absolute atomic E-state index is 11.6. The standard InChI is InChI=1S/C7H6F/c8-6-7-4-2-1-3-5-7/h1-6H/q-1. The van der Waals surface area contributed by atoms with Crippen molar-refractivity contribution in [2.24, 2.45) is 0 Å². The molecular weight excluding hydrogens is 103 g/mol. The predicted octanol–water partition coefficient (Wildman–Crippen LogP) is 2.17. The summed E-state index contributed by atoms with van der Waals surface area (Å²) in [7, 11) is 0. The van der Waals surface area contributed by atoms with Gasteiger partial charge in [-0.15, -0.1) is 12.1 Å². The third-order valence-corrected chi connectivity index (χ3v) is 0.926. The van der Waals surface area contributed by atoms with Gasteiger partial charge in [-0.2, -0.15) is 17.7 Å². The van der Waals surface area contributed by atoms with Crippen molar-refractivity contribution in [1.29, 1.82) is 0 Å². The Bertz CT molecular complexity index is 146. The van der Waals surface area contributed by atoms with Gasteiger partial charge in [0.15, 0.2) is 0 Å². The highest BCUT2D eigenvalue weighted by molar-refractivity contribution is 5.19. The molecule has 0 aliphatic heterocycles. The molecule has 42 valence electrons. The number of halogens is 1. The van der Waals surface area contributed by atoms with Crippen molar-refractivity contribution < 1.29 is 4.39 Å². The summed E-state index contributed by atoms with van der Waals surface area (Å²) in [5.74, 6) is 0. The lowest BCUT2D eigenvalue weighted by molar-refractivity contribution is 0.646. The predicted molar refractivity (Wildman–Crippen MR) is 31.0 cm³/mol. The number of hydrogen-bond donors (Lipinski definition) is 0. The fraction of sp³-hybridized carbons (Fsp3) is 0. The van der Waals surface area contributed by atoms with Gasteiger partial charge in [0.25, 0.3) is 0 Å². The number of benzene rings is 1. The van der Waals surface area contributed by atoms with Crippen molar-refractivity contribution in [2.75, 3.05) is 0 Å². The van der Waals surface area contributed by atoms with Crippen LogP contribution in [-0.2, 0) is 0 Å². The average molecular weight is 109 g/mol. The van der Waals surface area contributed by atoms with E-state index in [-0.39, 0.29) is 0 Å². The fourth-order valence-electron chi connectivity index (χ4n) is 0.526. The van der Waals surface area contributed by atoms with Gasteiger partial charge in [-0.25, -0.2) is 0 Å². The van der Waals surface area contributed by atoms with Crippen LogP contribution in [0.2, 0.25) is 0 Å². The Morgan fingerprint density at radius 1 is 1.12 bits per heavy atom. The number of hydrogen-bond acceptors (Lipinski definition) is 0. The normalized spacial score (nSPS) is 8.62. The van der Waals surface area contributed by atoms with Crippen LogP contribution in [0.5, 0.6) is 0 Å². The molecule has 0 bridgehead atoms. The van der Waals surface area contributed by atoms with Crippen LogP contribution in [0.1, 0.15) is 5.56 Å². The zero-order valence-corrected chi connectivity index (χ0v) is 4.34. The van der Waals surface area contributed by atoms with E-state index in [9.17, 15) is 4.39 Å². The molecule has 0 atom stereocenters. The molecule has 0 fully saturated rings. The molecule has 0 spiro atoms. The highest BCUT2D eigenvalue weighted by Gasteiger charge is 1.72. The minimum absolute atomic E-state index is 0.583. The van der Waals surface area contributed by atoms with Crippen LogP contribution in [-0.4, -0.2) is 0 Å². The van der Waals surface area contributed by atoms with E-state index in [0.717, 1.165) is 0 Å². The average Bonchev–Trinajstić information content (AvgIpc) is 1.90. The first-order chi connectivity index (χ1) is 3.93. The van der Waals surface area contributed by atoms with E-state index in [1.165, 1.54) is 0 Å². The van der Waals surface area contributed by atoms with E-state index >= 15 is 0 Å². The first-order valence-corrected chi connectivity index (χ1v) is 2.42. The van der Waals surface area contributed by atoms with Gasteiger partial charge in [0.2, 0.25) is 0 Å². The van der Waals surface area contributed by atoms with E-state index in [4.69, 9.17) is 0 Å². The Hall–Kier alpha value is -0.980. The quantitative estimate of drug-likeness (QED) is 0.485. The molecule has 1 aromatic carbocycles. The van der Waals surface area contributed by atoms with Gasteiger partial charge in [0, 0.05) is 0 Å². The Morgan fingerprint density at radius 3 is 2.12 bits per heavy atom. The van der Waals surface area contributed by atoms with Gasteiger partial charge < -0.3 is 0 Å². The molecule has 0 unspecified atom stereocenters. The summed E-state index contributed by atoms with van der Waals surface area (Å²) in [6.07, 6.45) is 0. The zero-order chi connectivity index (χ0) is 5.82. The largest absolute Gasteiger partial charge is 0.292 e. The summed E-state index contributed by atoms with van der Waals surface area (Å²) in [6.45, 7) is 0.583. The maximum Gasteiger partial charge on any atom is -0.0187 e. The topological polar surface area (TPSA) is 0 Å². The molecule has 0 saturated heterocycles. The molecule has 0 radical (unpaired) electrons. The molecule has 0 aliphatic rings. The van der Waals surface area contributed by atoms with E-state index in [2.05, 4.69) is 0 Å². The minimum atomic E-state index is 0.583. The molecule has 1 heteroatoms. The van der Waals surface area contributed by atoms with Gasteiger partial charge >= 0.3 is 0 Å². The van der Waals surface area contributed by atoms with Crippen molar-refractivity contribution in [2.45, 2.75) is 0 Å². The molecule has 0 amide bonds. The van der Waals surface area contributed by atoms with Crippen LogP contribution in [0.25, 0.3) is 0 Å². The molecule has 0 aromatic heterocycles. The van der Waals surface area contributed by atoms with Crippen molar-refractivity contribution in [3.05, 3.63) is 42.6 Å². The van der Waals surface area contributed by atoms with Crippen molar-refractivity contribution in [3.63, 3.8) is 0 Å². The van der Waals surface area contributed by atoms with Crippen molar-refractivity contribution in [3.8, 4) is 0 Å². The summed E-state index contributed by atoms with van der Waals surface area (Å²) in [5.41, 5.74) is 0.618. The molecule has 0 N–H and O–H groups in total. The van der Waals surface area contributed by atoms with E-state index < -0.39 is 0 Å². The lowest BCUT2D eigenvalue weighted by Crippen LogP contribution is -1.69. The Labute approximate surface area is 48.0 Å². The van der Waals surface area contributed by atoms with Crippen LogP contribution >= 0.6 is 0 Å². The van der Waals surface area contributed by atoms with E-state index in [1.54, 1.807) is 24.3 Å². The smallest absolute Gasteiger partial charge is 0.0187 e. The highest BCUT2D eigenvalue weighted by Crippen LogP contribution is 2.00. The van der Waals surface area contributed by atoms with Gasteiger partial charge in [-0.3, -0.25) is 4.39 Å². The van der Waals surface area contributed by atoms with Crippen molar-refractivity contribution in [1.82, 2.24) is 0 Å². The van der Waals surface area contributed by atoms with Crippen LogP contribution in [0, 0.1) is 6.67 Å². The van der Waals surface area contributed by atoms with Crippen LogP contribution in [0.4, 0.5) is 4.39 Å². The lowest BCUT2D eigenvalue weighted by atomic mass is 10.2. The molecular formula is C7H6F-. The van der Waals surface area contributed by atoms with Gasteiger partial charge in [-0.1, -0.05) is 6.07 Å². The maximum atomic E-state index is 11.6. The molecule has 0 saturated carbocycles. The third kappa shape index (κ3) is 0.997. The van der Waals surface area contributed by atoms with E-state index in [0.29, 0.717) is 12.2 Å². The molecule has 1 aromatic rings. The molecule has 0 heterocycles. The Morgan fingerprint density at radius 2 is 1.75 bits per heavy atom. The van der Waals surface area contributed by atoms with Crippen LogP contribution in [0.15, 0.2) is 30.3 Å². The lowest BCUT2D eigenvalue weighted by Gasteiger charge is -1.97. The van der Waals surface area contributed by atoms with Gasteiger partial charge in [-0.05, 0) is 6.67 Å². The summed E-state index contributed by atoms with van der Waals surface area (Å²) in [4.78, 5) is 0. The summed E-state index contributed by atoms with van der Waals surface area (Å²) in [6, 6.07) is 8.86. The summed E-state index contributed by atoms with van der Waals surface area (Å²) < 4.78 is 11.6. The summed E-state index contributed by atoms with van der Waals surface area (Å²) in [5, 5.41) is 0. The second-order valence-electron chi connectivity index (χ2n) is 1.52. The SMILES string of the molecule is F[CH-]c1ccccc1. The van der Waals surface area contributed by atoms with Gasteiger partial charge in [0.1, 0.15) is 0 Å². The second-order valence-corrected chi connectivity index (χ2v) is 1.52. The second kappa shape index (κ2) is 2.36. The molecule has 8 heavy (non-hydrogen) atoms. The van der Waals surface area contributed by atoms with Crippen molar-refractivity contribution >= 4 is 0 Å². The van der Waals surface area contributed by atoms with Crippen LogP contribution in [0.3, 0.4) is 0 Å². The fourth-order valence-corrected chi connectivity index (χ4v) is 0.526. The minimum Gasteiger partial charge on any atom is -0.292 e. The van der Waals surface area contributed by atoms with Gasteiger partial charge in [0.05, 0.1) is 0 Å². The Kier molecular flexibility index (Phi) is 1.52. The monoisotopic (exact) mass is 109 g/mol. The number of rotatable bonds is 1. The molecule has 0 aliphatic carbocycles. The molecule has 1 rings (SSSR count). The first kappa shape index (κ1) is 5.16. The molecule has 0 nitrogen and oxygen atoms in total. The highest BCUT2D eigenvalue weighted by atomic mass is 19.1. The van der Waals surface area contributed by atoms with Crippen LogP contribution < -0.4 is 0 Å².